The topological polar surface area (TPSA) is 77.0 Å². The van der Waals surface area contributed by atoms with Gasteiger partial charge >= 0.3 is 0 Å². The molecule has 214 valence electrons. The van der Waals surface area contributed by atoms with E-state index in [9.17, 15) is 9.90 Å². The summed E-state index contributed by atoms with van der Waals surface area (Å²) in [6.07, 6.45) is 10.5. The third kappa shape index (κ3) is 17.4. The van der Waals surface area contributed by atoms with Gasteiger partial charge in [-0.1, -0.05) is 73.1 Å². The fourth-order valence-electron chi connectivity index (χ4n) is 3.61. The molecule has 0 spiro atoms. The van der Waals surface area contributed by atoms with E-state index >= 15 is 0 Å². The smallest absolute Gasteiger partial charge is 0.220 e. The highest BCUT2D eigenvalue weighted by molar-refractivity contribution is 8.78. The lowest BCUT2D eigenvalue weighted by Gasteiger charge is -2.32. The highest BCUT2D eigenvalue weighted by Gasteiger charge is 2.26. The number of hydrogen-bond acceptors (Lipinski definition) is 7. The van der Waals surface area contributed by atoms with E-state index in [4.69, 9.17) is 14.2 Å². The number of hydrogen-bond donors (Lipinski definition) is 2. The standard InChI is InChI=1S/C29H51NO5S2/c1-22-13-9-10-14-25(23(22)2)37-36-18-16-30-26(32)15-11-12-17-33-21-27(35-29(6,7)8)34-24(20-31)19-28(3,4)5/h9-10,13-14,22,24,27,31H,11-12,15-21H2,1-8H3,(H,30,32). The quantitative estimate of drug-likeness (QED) is 0.118. The summed E-state index contributed by atoms with van der Waals surface area (Å²) < 4.78 is 17.9. The molecule has 3 atom stereocenters. The molecule has 37 heavy (non-hydrogen) atoms. The van der Waals surface area contributed by atoms with Gasteiger partial charge in [-0.15, -0.1) is 0 Å². The fraction of sp³-hybridized carbons (Fsp3) is 0.759. The third-order valence-electron chi connectivity index (χ3n) is 5.56. The Kier molecular flexibility index (Phi) is 16.4. The first-order valence-electron chi connectivity index (χ1n) is 13.4. The minimum Gasteiger partial charge on any atom is -0.394 e. The van der Waals surface area contributed by atoms with Crippen molar-refractivity contribution in [1.82, 2.24) is 5.32 Å². The van der Waals surface area contributed by atoms with Crippen LogP contribution in [0.5, 0.6) is 0 Å². The summed E-state index contributed by atoms with van der Waals surface area (Å²) >= 11 is 0. The number of ether oxygens (including phenoxy) is 3. The Hall–Kier alpha value is -0.770. The zero-order valence-corrected chi connectivity index (χ0v) is 25.9. The maximum atomic E-state index is 12.2. The van der Waals surface area contributed by atoms with Crippen LogP contribution in [0.15, 0.2) is 34.8 Å². The molecule has 0 fully saturated rings. The van der Waals surface area contributed by atoms with E-state index in [1.54, 1.807) is 21.6 Å². The molecule has 0 saturated heterocycles. The molecule has 0 aromatic heterocycles. The van der Waals surface area contributed by atoms with E-state index in [0.29, 0.717) is 32.1 Å². The van der Waals surface area contributed by atoms with Crippen molar-refractivity contribution in [3.05, 3.63) is 34.8 Å². The van der Waals surface area contributed by atoms with Crippen molar-refractivity contribution in [3.8, 4) is 0 Å². The Balaban J connectivity index is 2.22. The zero-order chi connectivity index (χ0) is 27.9. The molecule has 8 heteroatoms. The first kappa shape index (κ1) is 34.3. The molecule has 2 N–H and O–H groups in total. The van der Waals surface area contributed by atoms with E-state index in [2.05, 4.69) is 64.2 Å². The Bertz CT molecular complexity index is 752. The molecule has 3 unspecified atom stereocenters. The van der Waals surface area contributed by atoms with E-state index in [1.165, 1.54) is 10.5 Å². The summed E-state index contributed by atoms with van der Waals surface area (Å²) in [6, 6.07) is 0. The molecular weight excluding hydrogens is 506 g/mol. The van der Waals surface area contributed by atoms with Crippen molar-refractivity contribution < 1.29 is 24.1 Å². The average Bonchev–Trinajstić information content (AvgIpc) is 2.94. The predicted molar refractivity (Wildman–Crippen MR) is 159 cm³/mol. The lowest BCUT2D eigenvalue weighted by molar-refractivity contribution is -0.242. The highest BCUT2D eigenvalue weighted by Crippen LogP contribution is 2.36. The van der Waals surface area contributed by atoms with Crippen LogP contribution in [0.25, 0.3) is 0 Å². The van der Waals surface area contributed by atoms with Gasteiger partial charge in [0.05, 0.1) is 24.9 Å². The van der Waals surface area contributed by atoms with Gasteiger partial charge in [-0.2, -0.15) is 0 Å². The summed E-state index contributed by atoms with van der Waals surface area (Å²) in [4.78, 5) is 13.5. The van der Waals surface area contributed by atoms with E-state index in [-0.39, 0.29) is 29.6 Å². The Morgan fingerprint density at radius 3 is 2.54 bits per heavy atom. The minimum atomic E-state index is -0.550. The maximum Gasteiger partial charge on any atom is 0.220 e. The van der Waals surface area contributed by atoms with E-state index in [1.807, 2.05) is 20.8 Å². The summed E-state index contributed by atoms with van der Waals surface area (Å²) in [5.41, 5.74) is 1.04. The monoisotopic (exact) mass is 557 g/mol. The van der Waals surface area contributed by atoms with E-state index in [0.717, 1.165) is 25.0 Å². The Labute approximate surface area is 233 Å². The van der Waals surface area contributed by atoms with Crippen LogP contribution in [-0.2, 0) is 19.0 Å². The van der Waals surface area contributed by atoms with Crippen molar-refractivity contribution in [2.45, 2.75) is 99.1 Å². The van der Waals surface area contributed by atoms with Crippen LogP contribution >= 0.6 is 21.6 Å². The van der Waals surface area contributed by atoms with Crippen LogP contribution in [0.4, 0.5) is 0 Å². The molecule has 6 nitrogen and oxygen atoms in total. The number of aliphatic hydroxyl groups is 1. The highest BCUT2D eigenvalue weighted by atomic mass is 33.1. The Morgan fingerprint density at radius 2 is 1.89 bits per heavy atom. The maximum absolute atomic E-state index is 12.2. The molecule has 1 amide bonds. The largest absolute Gasteiger partial charge is 0.394 e. The SMILES string of the molecule is CC1=C(SSCCNC(=O)CCCCOCC(OC(CO)CC(C)(C)C)OC(C)(C)C)C=CC=CC1C. The number of allylic oxidation sites excluding steroid dienone is 5. The van der Waals surface area contributed by atoms with Gasteiger partial charge in [-0.3, -0.25) is 4.79 Å². The summed E-state index contributed by atoms with van der Waals surface area (Å²) in [7, 11) is 3.55. The minimum absolute atomic E-state index is 0.0395. The second-order valence-electron chi connectivity index (χ2n) is 11.7. The number of nitrogens with one attached hydrogen (secondary N) is 1. The van der Waals surface area contributed by atoms with E-state index < -0.39 is 6.29 Å². The summed E-state index contributed by atoms with van der Waals surface area (Å²) in [6.45, 7) is 18.1. The van der Waals surface area contributed by atoms with Crippen LogP contribution in [0.2, 0.25) is 0 Å². The third-order valence-corrected chi connectivity index (χ3v) is 8.07. The van der Waals surface area contributed by atoms with Crippen LogP contribution < -0.4 is 5.32 Å². The molecule has 0 aromatic carbocycles. The number of amides is 1. The van der Waals surface area contributed by atoms with Gasteiger partial charge in [0.25, 0.3) is 0 Å². The van der Waals surface area contributed by atoms with Gasteiger partial charge < -0.3 is 24.6 Å². The second kappa shape index (κ2) is 17.7. The molecular formula is C29H51NO5S2. The predicted octanol–water partition coefficient (Wildman–Crippen LogP) is 6.66. The van der Waals surface area contributed by atoms with Crippen molar-refractivity contribution in [2.75, 3.05) is 32.1 Å². The summed E-state index contributed by atoms with van der Waals surface area (Å²) in [5, 5.41) is 12.8. The van der Waals surface area contributed by atoms with Gasteiger partial charge in [-0.05, 0) is 64.4 Å². The first-order valence-corrected chi connectivity index (χ1v) is 15.8. The van der Waals surface area contributed by atoms with Gasteiger partial charge in [0, 0.05) is 30.2 Å². The van der Waals surface area contributed by atoms with Crippen molar-refractivity contribution >= 4 is 27.5 Å². The van der Waals surface area contributed by atoms with Crippen LogP contribution in [-0.4, -0.2) is 61.1 Å². The molecule has 1 rings (SSSR count). The van der Waals surface area contributed by atoms with Crippen molar-refractivity contribution in [1.29, 1.82) is 0 Å². The number of rotatable bonds is 17. The lowest BCUT2D eigenvalue weighted by atomic mass is 9.89. The molecule has 0 bridgehead atoms. The van der Waals surface area contributed by atoms with Gasteiger partial charge in [0.15, 0.2) is 6.29 Å². The first-order chi connectivity index (χ1) is 17.3. The fourth-order valence-corrected chi connectivity index (χ4v) is 5.90. The van der Waals surface area contributed by atoms with Crippen LogP contribution in [0, 0.1) is 11.3 Å². The molecule has 0 heterocycles. The van der Waals surface area contributed by atoms with Gasteiger partial charge in [0.2, 0.25) is 5.91 Å². The van der Waals surface area contributed by atoms with Crippen molar-refractivity contribution in [3.63, 3.8) is 0 Å². The second-order valence-corrected chi connectivity index (χ2v) is 14.2. The number of carbonyl (C=O) groups excluding carboxylic acids is 1. The zero-order valence-electron chi connectivity index (χ0n) is 24.3. The number of unbranched alkanes of at least 4 members (excludes halogenated alkanes) is 1. The van der Waals surface area contributed by atoms with Crippen LogP contribution in [0.1, 0.15) is 81.1 Å². The van der Waals surface area contributed by atoms with Crippen molar-refractivity contribution in [2.24, 2.45) is 11.3 Å². The van der Waals surface area contributed by atoms with Gasteiger partial charge in [0.1, 0.15) is 0 Å². The Morgan fingerprint density at radius 1 is 1.16 bits per heavy atom. The molecule has 1 aliphatic carbocycles. The lowest BCUT2D eigenvalue weighted by Crippen LogP contribution is -2.38. The molecule has 1 aliphatic rings. The number of aliphatic hydroxyl groups excluding tert-OH is 1. The molecule has 0 radical (unpaired) electrons. The normalized spacial score (nSPS) is 18.1. The summed E-state index contributed by atoms with van der Waals surface area (Å²) in [5.74, 6) is 1.40. The average molecular weight is 558 g/mol. The molecule has 0 aromatic rings. The van der Waals surface area contributed by atoms with Gasteiger partial charge in [-0.25, -0.2) is 0 Å². The van der Waals surface area contributed by atoms with Crippen LogP contribution in [0.3, 0.4) is 0 Å². The number of carbonyl (C=O) groups is 1. The molecule has 0 saturated carbocycles. The molecule has 0 aliphatic heterocycles.